The van der Waals surface area contributed by atoms with Gasteiger partial charge in [-0.2, -0.15) is 0 Å². The molecular weight excluding hydrogens is 288 g/mol. The lowest BCUT2D eigenvalue weighted by molar-refractivity contribution is -0.116. The van der Waals surface area contributed by atoms with Gasteiger partial charge in [0.25, 0.3) is 0 Å². The van der Waals surface area contributed by atoms with Crippen molar-refractivity contribution in [3.63, 3.8) is 0 Å². The van der Waals surface area contributed by atoms with Gasteiger partial charge in [0.15, 0.2) is 0 Å². The number of anilines is 2. The maximum absolute atomic E-state index is 12.1. The molecule has 1 atom stereocenters. The van der Waals surface area contributed by atoms with Gasteiger partial charge in [0.1, 0.15) is 11.8 Å². The first-order chi connectivity index (χ1) is 10.1. The highest BCUT2D eigenvalue weighted by Gasteiger charge is 2.12. The van der Waals surface area contributed by atoms with Crippen LogP contribution in [-0.4, -0.2) is 19.1 Å². The minimum atomic E-state index is -0.384. The van der Waals surface area contributed by atoms with Crippen molar-refractivity contribution >= 4 is 28.9 Å². The Morgan fingerprint density at radius 1 is 1.14 bits per heavy atom. The highest BCUT2D eigenvalue weighted by atomic mass is 35.5. The molecule has 0 saturated carbocycles. The zero-order chi connectivity index (χ0) is 15.2. The van der Waals surface area contributed by atoms with Crippen LogP contribution in [0.4, 0.5) is 11.4 Å². The summed E-state index contributed by atoms with van der Waals surface area (Å²) in [5.74, 6) is 0.623. The highest BCUT2D eigenvalue weighted by molar-refractivity contribution is 6.30. The molecule has 0 heterocycles. The molecule has 0 fully saturated rings. The summed E-state index contributed by atoms with van der Waals surface area (Å²) >= 11 is 5.91. The first-order valence-corrected chi connectivity index (χ1v) is 6.93. The number of benzene rings is 2. The van der Waals surface area contributed by atoms with E-state index in [9.17, 15) is 4.79 Å². The van der Waals surface area contributed by atoms with Crippen LogP contribution in [0.2, 0.25) is 5.02 Å². The molecule has 110 valence electrons. The minimum absolute atomic E-state index is 0.125. The van der Waals surface area contributed by atoms with Gasteiger partial charge in [0.05, 0.1) is 7.11 Å². The van der Waals surface area contributed by atoms with Gasteiger partial charge in [-0.25, -0.2) is 0 Å². The average Bonchev–Trinajstić information content (AvgIpc) is 2.48. The second-order valence-electron chi connectivity index (χ2n) is 4.59. The van der Waals surface area contributed by atoms with Crippen LogP contribution >= 0.6 is 11.6 Å². The van der Waals surface area contributed by atoms with Gasteiger partial charge in [-0.3, -0.25) is 4.79 Å². The summed E-state index contributed by atoms with van der Waals surface area (Å²) in [6.07, 6.45) is 0. The molecule has 5 heteroatoms. The van der Waals surface area contributed by atoms with E-state index < -0.39 is 0 Å². The number of halogens is 1. The Morgan fingerprint density at radius 3 is 2.48 bits per heavy atom. The fraction of sp³-hybridized carbons (Fsp3) is 0.188. The molecule has 0 aliphatic carbocycles. The van der Waals surface area contributed by atoms with E-state index in [1.54, 1.807) is 50.4 Å². The van der Waals surface area contributed by atoms with E-state index in [0.29, 0.717) is 5.02 Å². The number of carbonyl (C=O) groups excluding carboxylic acids is 1. The molecule has 4 nitrogen and oxygen atoms in total. The number of rotatable bonds is 5. The fourth-order valence-electron chi connectivity index (χ4n) is 1.82. The summed E-state index contributed by atoms with van der Waals surface area (Å²) in [4.78, 5) is 12.1. The average molecular weight is 305 g/mol. The van der Waals surface area contributed by atoms with Gasteiger partial charge in [0.2, 0.25) is 5.91 Å². The summed E-state index contributed by atoms with van der Waals surface area (Å²) < 4.78 is 5.07. The number of hydrogen-bond donors (Lipinski definition) is 2. The fourth-order valence-corrected chi connectivity index (χ4v) is 2.01. The second kappa shape index (κ2) is 6.99. The Labute approximate surface area is 129 Å². The van der Waals surface area contributed by atoms with E-state index >= 15 is 0 Å². The van der Waals surface area contributed by atoms with Crippen LogP contribution in [0.25, 0.3) is 0 Å². The lowest BCUT2D eigenvalue weighted by Crippen LogP contribution is -2.31. The molecule has 0 unspecified atom stereocenters. The lowest BCUT2D eigenvalue weighted by atomic mass is 10.2. The van der Waals surface area contributed by atoms with Crippen LogP contribution in [0.5, 0.6) is 5.75 Å². The normalized spacial score (nSPS) is 11.6. The Morgan fingerprint density at radius 2 is 1.86 bits per heavy atom. The number of carbonyl (C=O) groups is 1. The van der Waals surface area contributed by atoms with Gasteiger partial charge in [0, 0.05) is 16.4 Å². The maximum atomic E-state index is 12.1. The van der Waals surface area contributed by atoms with E-state index in [0.717, 1.165) is 17.1 Å². The molecule has 2 rings (SSSR count). The number of ether oxygens (including phenoxy) is 1. The van der Waals surface area contributed by atoms with Crippen molar-refractivity contribution in [2.24, 2.45) is 0 Å². The molecular formula is C16H17ClN2O2. The summed E-state index contributed by atoms with van der Waals surface area (Å²) in [6.45, 7) is 1.79. The third-order valence-electron chi connectivity index (χ3n) is 2.96. The van der Waals surface area contributed by atoms with Crippen LogP contribution in [0, 0.1) is 0 Å². The molecule has 2 aromatic rings. The van der Waals surface area contributed by atoms with Crippen molar-refractivity contribution in [2.75, 3.05) is 17.7 Å². The molecule has 0 aliphatic heterocycles. The molecule has 21 heavy (non-hydrogen) atoms. The zero-order valence-electron chi connectivity index (χ0n) is 11.9. The molecule has 1 amide bonds. The molecule has 0 aliphatic rings. The van der Waals surface area contributed by atoms with E-state index in [4.69, 9.17) is 16.3 Å². The lowest BCUT2D eigenvalue weighted by Gasteiger charge is -2.15. The standard InChI is InChI=1S/C16H17ClN2O2/c1-11(18-14-5-3-4-12(17)10-14)16(20)19-13-6-8-15(21-2)9-7-13/h3-11,18H,1-2H3,(H,19,20)/t11-/m0/s1. The second-order valence-corrected chi connectivity index (χ2v) is 5.03. The van der Waals surface area contributed by atoms with Gasteiger partial charge in [-0.05, 0) is 49.4 Å². The predicted molar refractivity (Wildman–Crippen MR) is 86.2 cm³/mol. The number of amides is 1. The quantitative estimate of drug-likeness (QED) is 0.883. The number of hydrogen-bond acceptors (Lipinski definition) is 3. The van der Waals surface area contributed by atoms with E-state index in [2.05, 4.69) is 10.6 Å². The monoisotopic (exact) mass is 304 g/mol. The Hall–Kier alpha value is -2.20. The summed E-state index contributed by atoms with van der Waals surface area (Å²) in [5.41, 5.74) is 1.53. The molecule has 0 aromatic heterocycles. The molecule has 0 radical (unpaired) electrons. The van der Waals surface area contributed by atoms with Crippen molar-refractivity contribution in [3.8, 4) is 5.75 Å². The predicted octanol–water partition coefficient (Wildman–Crippen LogP) is 3.79. The van der Waals surface area contributed by atoms with Crippen molar-refractivity contribution in [2.45, 2.75) is 13.0 Å². The van der Waals surface area contributed by atoms with Crippen LogP contribution in [-0.2, 0) is 4.79 Å². The Balaban J connectivity index is 1.95. The Bertz CT molecular complexity index is 614. The first kappa shape index (κ1) is 15.2. The van der Waals surface area contributed by atoms with Crippen molar-refractivity contribution in [1.82, 2.24) is 0 Å². The molecule has 0 bridgehead atoms. The highest BCUT2D eigenvalue weighted by Crippen LogP contribution is 2.17. The number of methoxy groups -OCH3 is 1. The zero-order valence-corrected chi connectivity index (χ0v) is 12.6. The van der Waals surface area contributed by atoms with Gasteiger partial charge >= 0.3 is 0 Å². The van der Waals surface area contributed by atoms with Crippen molar-refractivity contribution in [3.05, 3.63) is 53.6 Å². The molecule has 0 saturated heterocycles. The SMILES string of the molecule is COc1ccc(NC(=O)[C@H](C)Nc2cccc(Cl)c2)cc1. The van der Waals surface area contributed by atoms with E-state index in [1.807, 2.05) is 12.1 Å². The van der Waals surface area contributed by atoms with E-state index in [-0.39, 0.29) is 11.9 Å². The maximum Gasteiger partial charge on any atom is 0.246 e. The van der Waals surface area contributed by atoms with Crippen LogP contribution in [0.15, 0.2) is 48.5 Å². The largest absolute Gasteiger partial charge is 0.497 e. The Kier molecular flexibility index (Phi) is 5.06. The van der Waals surface area contributed by atoms with Crippen molar-refractivity contribution < 1.29 is 9.53 Å². The third kappa shape index (κ3) is 4.39. The topological polar surface area (TPSA) is 50.4 Å². The van der Waals surface area contributed by atoms with E-state index in [1.165, 1.54) is 0 Å². The minimum Gasteiger partial charge on any atom is -0.497 e. The molecule has 0 spiro atoms. The van der Waals surface area contributed by atoms with Crippen LogP contribution < -0.4 is 15.4 Å². The summed E-state index contributed by atoms with van der Waals surface area (Å²) in [6, 6.07) is 14.1. The molecule has 2 aromatic carbocycles. The first-order valence-electron chi connectivity index (χ1n) is 6.55. The van der Waals surface area contributed by atoms with Crippen LogP contribution in [0.1, 0.15) is 6.92 Å². The third-order valence-corrected chi connectivity index (χ3v) is 3.19. The molecule has 2 N–H and O–H groups in total. The number of nitrogens with one attached hydrogen (secondary N) is 2. The van der Waals surface area contributed by atoms with Gasteiger partial charge < -0.3 is 15.4 Å². The van der Waals surface area contributed by atoms with Gasteiger partial charge in [-0.15, -0.1) is 0 Å². The summed E-state index contributed by atoms with van der Waals surface area (Å²) in [5, 5.41) is 6.57. The smallest absolute Gasteiger partial charge is 0.246 e. The van der Waals surface area contributed by atoms with Crippen LogP contribution in [0.3, 0.4) is 0 Å². The van der Waals surface area contributed by atoms with Gasteiger partial charge in [-0.1, -0.05) is 17.7 Å². The summed E-state index contributed by atoms with van der Waals surface area (Å²) in [7, 11) is 1.60. The van der Waals surface area contributed by atoms with Crippen molar-refractivity contribution in [1.29, 1.82) is 0 Å².